The SMILES string of the molecule is CN=C(NCc1c(C)nn(CCOC)c1C)NCC1CCCO1. The van der Waals surface area contributed by atoms with Gasteiger partial charge in [0.25, 0.3) is 0 Å². The number of hydrogen-bond donors (Lipinski definition) is 2. The van der Waals surface area contributed by atoms with Gasteiger partial charge in [-0.15, -0.1) is 0 Å². The molecule has 2 heterocycles. The number of rotatable bonds is 7. The van der Waals surface area contributed by atoms with Crippen molar-refractivity contribution in [3.8, 4) is 0 Å². The standard InChI is InChI=1S/C16H29N5O2/c1-12-15(13(2)21(20-12)7-9-22-4)11-19-16(17-3)18-10-14-6-5-8-23-14/h14H,5-11H2,1-4H3,(H2,17,18,19). The van der Waals surface area contributed by atoms with Gasteiger partial charge < -0.3 is 20.1 Å². The number of nitrogens with one attached hydrogen (secondary N) is 2. The van der Waals surface area contributed by atoms with Crippen LogP contribution in [0.3, 0.4) is 0 Å². The Labute approximate surface area is 138 Å². The highest BCUT2D eigenvalue weighted by atomic mass is 16.5. The summed E-state index contributed by atoms with van der Waals surface area (Å²) in [5.41, 5.74) is 3.42. The molecule has 0 aromatic carbocycles. The van der Waals surface area contributed by atoms with Crippen LogP contribution in [0.2, 0.25) is 0 Å². The number of aromatic nitrogens is 2. The van der Waals surface area contributed by atoms with Crippen LogP contribution in [0.1, 0.15) is 29.8 Å². The summed E-state index contributed by atoms with van der Waals surface area (Å²) >= 11 is 0. The summed E-state index contributed by atoms with van der Waals surface area (Å²) in [5.74, 6) is 0.795. The largest absolute Gasteiger partial charge is 0.383 e. The maximum absolute atomic E-state index is 5.62. The molecule has 0 bridgehead atoms. The highest BCUT2D eigenvalue weighted by molar-refractivity contribution is 5.79. The maximum atomic E-state index is 5.62. The molecule has 23 heavy (non-hydrogen) atoms. The second kappa shape index (κ2) is 8.88. The molecule has 0 amide bonds. The highest BCUT2D eigenvalue weighted by Crippen LogP contribution is 2.13. The Hall–Kier alpha value is -1.60. The van der Waals surface area contributed by atoms with Crippen molar-refractivity contribution in [2.45, 2.75) is 45.9 Å². The molecule has 1 aliphatic rings. The Morgan fingerprint density at radius 1 is 1.43 bits per heavy atom. The van der Waals surface area contributed by atoms with E-state index in [0.717, 1.165) is 44.2 Å². The molecule has 7 heteroatoms. The van der Waals surface area contributed by atoms with Crippen LogP contribution in [0.4, 0.5) is 0 Å². The van der Waals surface area contributed by atoms with E-state index in [2.05, 4.69) is 27.6 Å². The molecule has 2 rings (SSSR count). The van der Waals surface area contributed by atoms with Crippen LogP contribution in [-0.4, -0.2) is 55.8 Å². The Balaban J connectivity index is 1.86. The zero-order valence-corrected chi connectivity index (χ0v) is 14.7. The number of ether oxygens (including phenoxy) is 2. The lowest BCUT2D eigenvalue weighted by atomic mass is 10.2. The van der Waals surface area contributed by atoms with Crippen molar-refractivity contribution in [1.82, 2.24) is 20.4 Å². The van der Waals surface area contributed by atoms with Crippen LogP contribution >= 0.6 is 0 Å². The zero-order valence-electron chi connectivity index (χ0n) is 14.7. The van der Waals surface area contributed by atoms with Gasteiger partial charge in [0.15, 0.2) is 5.96 Å². The van der Waals surface area contributed by atoms with Gasteiger partial charge in [-0.3, -0.25) is 9.67 Å². The van der Waals surface area contributed by atoms with Crippen molar-refractivity contribution < 1.29 is 9.47 Å². The smallest absolute Gasteiger partial charge is 0.191 e. The summed E-state index contributed by atoms with van der Waals surface area (Å²) in [6.45, 7) is 7.94. The first-order chi connectivity index (χ1) is 11.2. The van der Waals surface area contributed by atoms with Gasteiger partial charge in [-0.2, -0.15) is 5.10 Å². The fraction of sp³-hybridized carbons (Fsp3) is 0.750. The number of aryl methyl sites for hydroxylation is 1. The first kappa shape index (κ1) is 17.7. The highest BCUT2D eigenvalue weighted by Gasteiger charge is 2.16. The third-order valence-corrected chi connectivity index (χ3v) is 4.22. The first-order valence-electron chi connectivity index (χ1n) is 8.23. The van der Waals surface area contributed by atoms with Gasteiger partial charge >= 0.3 is 0 Å². The van der Waals surface area contributed by atoms with Gasteiger partial charge in [0.1, 0.15) is 0 Å². The molecular formula is C16H29N5O2. The molecule has 0 saturated carbocycles. The molecule has 2 N–H and O–H groups in total. The molecule has 7 nitrogen and oxygen atoms in total. The van der Waals surface area contributed by atoms with E-state index in [0.29, 0.717) is 19.3 Å². The fourth-order valence-electron chi connectivity index (χ4n) is 2.79. The Kier molecular flexibility index (Phi) is 6.85. The third-order valence-electron chi connectivity index (χ3n) is 4.22. The average molecular weight is 323 g/mol. The predicted molar refractivity (Wildman–Crippen MR) is 90.8 cm³/mol. The van der Waals surface area contributed by atoms with Crippen molar-refractivity contribution in [1.29, 1.82) is 0 Å². The molecule has 1 unspecified atom stereocenters. The van der Waals surface area contributed by atoms with E-state index < -0.39 is 0 Å². The fourth-order valence-corrected chi connectivity index (χ4v) is 2.79. The molecule has 1 atom stereocenters. The van der Waals surface area contributed by atoms with Crippen molar-refractivity contribution in [2.24, 2.45) is 4.99 Å². The molecule has 130 valence electrons. The molecular weight excluding hydrogens is 294 g/mol. The van der Waals surface area contributed by atoms with Crippen molar-refractivity contribution in [2.75, 3.05) is 33.9 Å². The summed E-state index contributed by atoms with van der Waals surface area (Å²) in [6, 6.07) is 0. The lowest BCUT2D eigenvalue weighted by Gasteiger charge is -2.15. The maximum Gasteiger partial charge on any atom is 0.191 e. The summed E-state index contributed by atoms with van der Waals surface area (Å²) in [6.07, 6.45) is 2.57. The summed E-state index contributed by atoms with van der Waals surface area (Å²) < 4.78 is 12.7. The lowest BCUT2D eigenvalue weighted by Crippen LogP contribution is -2.40. The predicted octanol–water partition coefficient (Wildman–Crippen LogP) is 0.990. The van der Waals surface area contributed by atoms with Gasteiger partial charge in [0.2, 0.25) is 0 Å². The summed E-state index contributed by atoms with van der Waals surface area (Å²) in [7, 11) is 3.49. The van der Waals surface area contributed by atoms with Gasteiger partial charge in [0, 0.05) is 45.1 Å². The van der Waals surface area contributed by atoms with Crippen LogP contribution in [0, 0.1) is 13.8 Å². The first-order valence-corrected chi connectivity index (χ1v) is 8.23. The zero-order chi connectivity index (χ0) is 16.7. The molecule has 1 aliphatic heterocycles. The van der Waals surface area contributed by atoms with Gasteiger partial charge in [0.05, 0.1) is 24.9 Å². The van der Waals surface area contributed by atoms with Crippen molar-refractivity contribution in [3.05, 3.63) is 17.0 Å². The quantitative estimate of drug-likeness (QED) is 0.578. The van der Waals surface area contributed by atoms with Crippen molar-refractivity contribution >= 4 is 5.96 Å². The van der Waals surface area contributed by atoms with E-state index in [1.54, 1.807) is 14.2 Å². The second-order valence-corrected chi connectivity index (χ2v) is 5.81. The molecule has 0 spiro atoms. The van der Waals surface area contributed by atoms with E-state index in [9.17, 15) is 0 Å². The number of hydrogen-bond acceptors (Lipinski definition) is 4. The lowest BCUT2D eigenvalue weighted by molar-refractivity contribution is 0.114. The van der Waals surface area contributed by atoms with Crippen LogP contribution < -0.4 is 10.6 Å². The van der Waals surface area contributed by atoms with Crippen LogP contribution in [-0.2, 0) is 22.6 Å². The Bertz CT molecular complexity index is 521. The van der Waals surface area contributed by atoms with Gasteiger partial charge in [-0.25, -0.2) is 0 Å². The van der Waals surface area contributed by atoms with E-state index in [-0.39, 0.29) is 0 Å². The van der Waals surface area contributed by atoms with Crippen molar-refractivity contribution in [3.63, 3.8) is 0 Å². The minimum absolute atomic E-state index is 0.300. The van der Waals surface area contributed by atoms with Crippen LogP contribution in [0.5, 0.6) is 0 Å². The average Bonchev–Trinajstić information content (AvgIpc) is 3.15. The topological polar surface area (TPSA) is 72.7 Å². The third kappa shape index (κ3) is 4.94. The minimum atomic E-state index is 0.300. The van der Waals surface area contributed by atoms with Crippen LogP contribution in [0.15, 0.2) is 4.99 Å². The van der Waals surface area contributed by atoms with E-state index in [4.69, 9.17) is 9.47 Å². The monoisotopic (exact) mass is 323 g/mol. The molecule has 1 aromatic heterocycles. The molecule has 1 fully saturated rings. The number of guanidine groups is 1. The van der Waals surface area contributed by atoms with Crippen LogP contribution in [0.25, 0.3) is 0 Å². The second-order valence-electron chi connectivity index (χ2n) is 5.81. The van der Waals surface area contributed by atoms with E-state index in [1.165, 1.54) is 11.3 Å². The molecule has 0 aliphatic carbocycles. The summed E-state index contributed by atoms with van der Waals surface area (Å²) in [4.78, 5) is 4.27. The molecule has 1 aromatic rings. The Morgan fingerprint density at radius 3 is 2.91 bits per heavy atom. The van der Waals surface area contributed by atoms with Gasteiger partial charge in [-0.05, 0) is 26.7 Å². The summed E-state index contributed by atoms with van der Waals surface area (Å²) in [5, 5.41) is 11.3. The van der Waals surface area contributed by atoms with E-state index in [1.807, 2.05) is 11.6 Å². The van der Waals surface area contributed by atoms with E-state index >= 15 is 0 Å². The number of nitrogens with zero attached hydrogens (tertiary/aromatic N) is 3. The normalized spacial score (nSPS) is 18.4. The van der Waals surface area contributed by atoms with Gasteiger partial charge in [-0.1, -0.05) is 0 Å². The Morgan fingerprint density at radius 2 is 2.26 bits per heavy atom. The molecule has 0 radical (unpaired) electrons. The minimum Gasteiger partial charge on any atom is -0.383 e. The molecule has 1 saturated heterocycles. The number of aliphatic imine (C=N–C) groups is 1. The number of methoxy groups -OCH3 is 1.